The summed E-state index contributed by atoms with van der Waals surface area (Å²) in [6, 6.07) is 9.50. The molecule has 0 aliphatic carbocycles. The maximum atomic E-state index is 11.2. The zero-order chi connectivity index (χ0) is 25.2. The van der Waals surface area contributed by atoms with Crippen LogP contribution in [0.2, 0.25) is 0 Å². The number of alkyl halides is 1. The highest BCUT2D eigenvalue weighted by atomic mass is 79.9. The van der Waals surface area contributed by atoms with Crippen LogP contribution in [-0.4, -0.2) is 43.2 Å². The Morgan fingerprint density at radius 3 is 1.79 bits per heavy atom. The monoisotopic (exact) mass is 648 g/mol. The Hall–Kier alpha value is -2.10. The van der Waals surface area contributed by atoms with Gasteiger partial charge in [0.25, 0.3) is 0 Å². The Kier molecular flexibility index (Phi) is 17.2. The second-order valence-corrected chi connectivity index (χ2v) is 8.25. The fourth-order valence-electron chi connectivity index (χ4n) is 1.94. The number of carbonyl (C=O) groups is 2. The predicted molar refractivity (Wildman–Crippen MR) is 142 cm³/mol. The molecule has 0 heterocycles. The van der Waals surface area contributed by atoms with Crippen LogP contribution in [0.3, 0.4) is 0 Å². The summed E-state index contributed by atoms with van der Waals surface area (Å²) in [6.45, 7) is 4.44. The third-order valence-electron chi connectivity index (χ3n) is 3.62. The molecule has 180 valence electrons. The third-order valence-corrected chi connectivity index (χ3v) is 5.25. The first-order valence-electron chi connectivity index (χ1n) is 9.61. The number of carbonyl (C=O) groups excluding carboxylic acids is 2. The van der Waals surface area contributed by atoms with Gasteiger partial charge in [0.15, 0.2) is 0 Å². The molecule has 2 aromatic carbocycles. The van der Waals surface area contributed by atoms with Crippen LogP contribution in [0.4, 0.5) is 0 Å². The molecule has 0 fully saturated rings. The molecule has 0 atom stereocenters. The molecule has 2 rings (SSSR count). The molecule has 6 nitrogen and oxygen atoms in total. The third kappa shape index (κ3) is 12.6. The molecule has 9 heteroatoms. The molecule has 2 aromatic rings. The second-order valence-electron chi connectivity index (χ2n) is 5.90. The van der Waals surface area contributed by atoms with Crippen LogP contribution in [0.25, 0.3) is 0 Å². The fourth-order valence-corrected chi connectivity index (χ4v) is 3.18. The lowest BCUT2D eigenvalue weighted by atomic mass is 10.2. The Morgan fingerprint density at radius 1 is 0.879 bits per heavy atom. The normalized spacial score (nSPS) is 10.0. The van der Waals surface area contributed by atoms with Gasteiger partial charge in [0.1, 0.15) is 18.1 Å². The van der Waals surface area contributed by atoms with Gasteiger partial charge in [-0.05, 0) is 82.1 Å². The molecule has 0 saturated heterocycles. The van der Waals surface area contributed by atoms with Crippen LogP contribution in [0, 0.1) is 0 Å². The number of methoxy groups -OCH3 is 2. The number of aromatic hydroxyl groups is 1. The first-order valence-corrected chi connectivity index (χ1v) is 12.3. The molecule has 0 unspecified atom stereocenters. The number of halogens is 3. The topological polar surface area (TPSA) is 82.1 Å². The highest BCUT2D eigenvalue weighted by Crippen LogP contribution is 2.26. The van der Waals surface area contributed by atoms with E-state index in [9.17, 15) is 9.59 Å². The van der Waals surface area contributed by atoms with E-state index in [0.717, 1.165) is 9.80 Å². The molecule has 33 heavy (non-hydrogen) atoms. The maximum Gasteiger partial charge on any atom is 0.337 e. The van der Waals surface area contributed by atoms with E-state index in [1.807, 2.05) is 38.2 Å². The summed E-state index contributed by atoms with van der Waals surface area (Å²) in [4.78, 5) is 22.2. The average molecular weight is 651 g/mol. The molecule has 0 saturated carbocycles. The van der Waals surface area contributed by atoms with E-state index in [1.54, 1.807) is 18.2 Å². The van der Waals surface area contributed by atoms with Crippen LogP contribution in [0.5, 0.6) is 11.5 Å². The number of rotatable bonds is 6. The molecular weight excluding hydrogens is 624 g/mol. The van der Waals surface area contributed by atoms with Gasteiger partial charge in [-0.2, -0.15) is 0 Å². The van der Waals surface area contributed by atoms with Crippen LogP contribution in [0.15, 0.2) is 69.6 Å². The zero-order valence-corrected chi connectivity index (χ0v) is 23.6. The highest BCUT2D eigenvalue weighted by molar-refractivity contribution is 9.11. The van der Waals surface area contributed by atoms with E-state index in [1.165, 1.54) is 32.4 Å². The van der Waals surface area contributed by atoms with Crippen molar-refractivity contribution in [1.82, 2.24) is 0 Å². The molecule has 1 N–H and O–H groups in total. The average Bonchev–Trinajstić information content (AvgIpc) is 2.82. The number of phenols is 1. The van der Waals surface area contributed by atoms with Gasteiger partial charge in [-0.15, -0.1) is 0 Å². The van der Waals surface area contributed by atoms with E-state index in [2.05, 4.69) is 57.3 Å². The Bertz CT molecular complexity index is 942. The van der Waals surface area contributed by atoms with Crippen molar-refractivity contribution in [1.29, 1.82) is 0 Å². The van der Waals surface area contributed by atoms with Crippen LogP contribution in [0.1, 0.15) is 34.6 Å². The van der Waals surface area contributed by atoms with E-state index < -0.39 is 5.97 Å². The summed E-state index contributed by atoms with van der Waals surface area (Å²) in [5, 5.41) is 10.1. The van der Waals surface area contributed by atoms with Gasteiger partial charge in [0.2, 0.25) is 0 Å². The molecule has 0 radical (unpaired) electrons. The summed E-state index contributed by atoms with van der Waals surface area (Å²) in [6.07, 6.45) is 7.87. The predicted octanol–water partition coefficient (Wildman–Crippen LogP) is 7.09. The SMILES string of the molecule is C/C=C/CBr.C/C=C/COc1ccc(C(=O)OC)cc1Br.COC(=O)c1ccc(O)c(Br)c1. The molecule has 0 bridgehead atoms. The lowest BCUT2D eigenvalue weighted by Crippen LogP contribution is -2.02. The molecule has 0 spiro atoms. The van der Waals surface area contributed by atoms with E-state index in [-0.39, 0.29) is 11.7 Å². The number of phenolic OH excluding ortho intramolecular Hbond substituents is 1. The number of ether oxygens (including phenoxy) is 3. The molecule has 0 aliphatic heterocycles. The lowest BCUT2D eigenvalue weighted by molar-refractivity contribution is 0.0591. The van der Waals surface area contributed by atoms with Crippen molar-refractivity contribution >= 4 is 59.7 Å². The lowest BCUT2D eigenvalue weighted by Gasteiger charge is -2.07. The first-order chi connectivity index (χ1) is 15.7. The molecule has 0 aromatic heterocycles. The largest absolute Gasteiger partial charge is 0.507 e. The summed E-state index contributed by atoms with van der Waals surface area (Å²) >= 11 is 9.65. The van der Waals surface area contributed by atoms with E-state index in [0.29, 0.717) is 28.0 Å². The minimum Gasteiger partial charge on any atom is -0.507 e. The Labute approximate surface area is 220 Å². The van der Waals surface area contributed by atoms with Crippen molar-refractivity contribution in [3.63, 3.8) is 0 Å². The second kappa shape index (κ2) is 18.3. The van der Waals surface area contributed by atoms with Gasteiger partial charge in [0.05, 0.1) is 34.3 Å². The van der Waals surface area contributed by atoms with Crippen LogP contribution in [-0.2, 0) is 9.47 Å². The summed E-state index contributed by atoms with van der Waals surface area (Å²) in [5.74, 6) is 0.0183. The zero-order valence-electron chi connectivity index (χ0n) is 18.8. The number of hydrogen-bond acceptors (Lipinski definition) is 6. The van der Waals surface area contributed by atoms with Gasteiger partial charge in [0, 0.05) is 5.33 Å². The van der Waals surface area contributed by atoms with Crippen molar-refractivity contribution in [2.24, 2.45) is 0 Å². The maximum absolute atomic E-state index is 11.2. The quantitative estimate of drug-likeness (QED) is 0.204. The van der Waals surface area contributed by atoms with Crippen molar-refractivity contribution in [2.75, 3.05) is 26.2 Å². The van der Waals surface area contributed by atoms with Gasteiger partial charge in [-0.3, -0.25) is 0 Å². The van der Waals surface area contributed by atoms with Gasteiger partial charge in [-0.25, -0.2) is 9.59 Å². The Balaban J connectivity index is 0.000000530. The number of esters is 2. The van der Waals surface area contributed by atoms with Crippen molar-refractivity contribution in [2.45, 2.75) is 13.8 Å². The van der Waals surface area contributed by atoms with Gasteiger partial charge >= 0.3 is 11.9 Å². The minimum absolute atomic E-state index is 0.0997. The fraction of sp³-hybridized carbons (Fsp3) is 0.250. The summed E-state index contributed by atoms with van der Waals surface area (Å²) in [5.41, 5.74) is 0.898. The van der Waals surface area contributed by atoms with Crippen LogP contribution < -0.4 is 4.74 Å². The van der Waals surface area contributed by atoms with Gasteiger partial charge < -0.3 is 19.3 Å². The number of hydrogen-bond donors (Lipinski definition) is 1. The Morgan fingerprint density at radius 2 is 1.39 bits per heavy atom. The molecule has 0 aliphatic rings. The molecule has 0 amide bonds. The standard InChI is InChI=1S/C12H13BrO3.C8H7BrO3.C4H7Br/c1-3-4-7-16-11-6-5-9(8-10(11)13)12(14)15-2;1-12-8(11)5-2-3-7(10)6(9)4-5;1-2-3-4-5/h3-6,8H,7H2,1-2H3;2-4,10H,1H3;2-3H,4H2,1H3/b4-3+;;3-2+. The smallest absolute Gasteiger partial charge is 0.337 e. The molecular formula is C24H27Br3O6. The number of allylic oxidation sites excluding steroid dienone is 3. The van der Waals surface area contributed by atoms with Crippen molar-refractivity contribution < 1.29 is 28.9 Å². The van der Waals surface area contributed by atoms with Crippen molar-refractivity contribution in [3.8, 4) is 11.5 Å². The van der Waals surface area contributed by atoms with E-state index >= 15 is 0 Å². The number of benzene rings is 2. The first kappa shape index (κ1) is 30.9. The summed E-state index contributed by atoms with van der Waals surface area (Å²) in [7, 11) is 2.66. The van der Waals surface area contributed by atoms with Crippen LogP contribution >= 0.6 is 47.8 Å². The highest BCUT2D eigenvalue weighted by Gasteiger charge is 2.09. The van der Waals surface area contributed by atoms with Gasteiger partial charge in [-0.1, -0.05) is 40.2 Å². The minimum atomic E-state index is -0.421. The van der Waals surface area contributed by atoms with E-state index in [4.69, 9.17) is 9.84 Å². The van der Waals surface area contributed by atoms with Crippen molar-refractivity contribution in [3.05, 3.63) is 80.8 Å². The summed E-state index contributed by atoms with van der Waals surface area (Å²) < 4.78 is 15.8.